The molecule has 0 saturated heterocycles. The van der Waals surface area contributed by atoms with Crippen LogP contribution in [0.3, 0.4) is 0 Å². The fraction of sp³-hybridized carbons (Fsp3) is 0.800. The molecule has 1 rings (SSSR count). The topological polar surface area (TPSA) is 135 Å². The largest absolute Gasteiger partial charge is 0.394 e. The lowest BCUT2D eigenvalue weighted by Crippen LogP contribution is -2.35. The Balaban J connectivity index is 2.62. The van der Waals surface area contributed by atoms with E-state index < -0.39 is 24.9 Å². The van der Waals surface area contributed by atoms with Gasteiger partial charge < -0.3 is 20.4 Å². The van der Waals surface area contributed by atoms with Crippen LogP contribution in [0, 0.1) is 0 Å². The molecule has 3 atom stereocenters. The number of nitrogens with zero attached hydrogens (tertiary/aromatic N) is 3. The van der Waals surface area contributed by atoms with Crippen molar-refractivity contribution in [1.82, 2.24) is 20.6 Å². The van der Waals surface area contributed by atoms with E-state index in [1.807, 2.05) is 0 Å². The summed E-state index contributed by atoms with van der Waals surface area (Å²) in [7, 11) is 0. The van der Waals surface area contributed by atoms with Gasteiger partial charge in [-0.25, -0.2) is 0 Å². The standard InChI is InChI=1S/C5H10N4O4/c10-1-2(11)3(12)4(13)5-6-8-9-7-5/h2-4,10-13H,1H2,(H,6,7,8,9)/t2-,3+,4-/m1/s1. The van der Waals surface area contributed by atoms with Crippen LogP contribution in [0.15, 0.2) is 0 Å². The van der Waals surface area contributed by atoms with Gasteiger partial charge in [0.1, 0.15) is 18.3 Å². The summed E-state index contributed by atoms with van der Waals surface area (Å²) in [5.41, 5.74) is 0. The Morgan fingerprint density at radius 1 is 1.31 bits per heavy atom. The predicted molar refractivity (Wildman–Crippen MR) is 38.2 cm³/mol. The number of hydrogen-bond acceptors (Lipinski definition) is 7. The molecule has 0 spiro atoms. The lowest BCUT2D eigenvalue weighted by atomic mass is 10.1. The number of aromatic nitrogens is 4. The average Bonchev–Trinajstić information content (AvgIpc) is 2.67. The minimum Gasteiger partial charge on any atom is -0.394 e. The van der Waals surface area contributed by atoms with Gasteiger partial charge in [0.25, 0.3) is 0 Å². The molecule has 0 radical (unpaired) electrons. The molecule has 0 aliphatic rings. The summed E-state index contributed by atoms with van der Waals surface area (Å²) in [5.74, 6) is -0.139. The second kappa shape index (κ2) is 4.23. The van der Waals surface area contributed by atoms with Crippen LogP contribution >= 0.6 is 0 Å². The van der Waals surface area contributed by atoms with Gasteiger partial charge in [-0.15, -0.1) is 10.2 Å². The van der Waals surface area contributed by atoms with E-state index in [0.29, 0.717) is 0 Å². The van der Waals surface area contributed by atoms with Crippen molar-refractivity contribution in [2.75, 3.05) is 6.61 Å². The van der Waals surface area contributed by atoms with E-state index in [-0.39, 0.29) is 5.82 Å². The summed E-state index contributed by atoms with van der Waals surface area (Å²) in [6.45, 7) is -0.657. The Kier molecular flexibility index (Phi) is 3.25. The van der Waals surface area contributed by atoms with Gasteiger partial charge in [0, 0.05) is 0 Å². The first-order chi connectivity index (χ1) is 6.16. The van der Waals surface area contributed by atoms with Crippen molar-refractivity contribution in [3.63, 3.8) is 0 Å². The van der Waals surface area contributed by atoms with Crippen molar-refractivity contribution >= 4 is 0 Å². The fourth-order valence-corrected chi connectivity index (χ4v) is 0.766. The molecule has 1 aromatic rings. The molecule has 0 amide bonds. The van der Waals surface area contributed by atoms with Crippen molar-refractivity contribution in [1.29, 1.82) is 0 Å². The number of rotatable bonds is 4. The normalized spacial score (nSPS) is 18.2. The highest BCUT2D eigenvalue weighted by atomic mass is 16.4. The maximum Gasteiger partial charge on any atom is 0.205 e. The molecular formula is C5H10N4O4. The van der Waals surface area contributed by atoms with Crippen molar-refractivity contribution in [2.24, 2.45) is 0 Å². The van der Waals surface area contributed by atoms with Gasteiger partial charge in [0.05, 0.1) is 6.61 Å². The maximum atomic E-state index is 9.27. The molecule has 0 aliphatic heterocycles. The van der Waals surface area contributed by atoms with Gasteiger partial charge >= 0.3 is 0 Å². The zero-order chi connectivity index (χ0) is 9.84. The van der Waals surface area contributed by atoms with Crippen LogP contribution in [0.5, 0.6) is 0 Å². The SMILES string of the molecule is OC[C@@H](O)[C@H](O)[C@@H](O)c1nn[nH]n1. The van der Waals surface area contributed by atoms with Crippen LogP contribution in [0.1, 0.15) is 11.9 Å². The van der Waals surface area contributed by atoms with E-state index in [0.717, 1.165) is 0 Å². The molecule has 0 saturated carbocycles. The lowest BCUT2D eigenvalue weighted by Gasteiger charge is -2.18. The zero-order valence-electron chi connectivity index (χ0n) is 6.57. The molecule has 0 unspecified atom stereocenters. The molecule has 1 heterocycles. The van der Waals surface area contributed by atoms with Crippen LogP contribution in [-0.2, 0) is 0 Å². The molecule has 8 heteroatoms. The highest BCUT2D eigenvalue weighted by Crippen LogP contribution is 2.13. The predicted octanol–water partition coefficient (Wildman–Crippen LogP) is -3.05. The van der Waals surface area contributed by atoms with Crippen molar-refractivity contribution in [3.05, 3.63) is 5.82 Å². The molecule has 0 fully saturated rings. The van der Waals surface area contributed by atoms with E-state index in [1.54, 1.807) is 0 Å². The first-order valence-electron chi connectivity index (χ1n) is 3.55. The Morgan fingerprint density at radius 2 is 2.00 bits per heavy atom. The van der Waals surface area contributed by atoms with Crippen LogP contribution in [-0.4, -0.2) is 59.9 Å². The molecule has 13 heavy (non-hydrogen) atoms. The van der Waals surface area contributed by atoms with E-state index in [9.17, 15) is 10.2 Å². The van der Waals surface area contributed by atoms with Crippen molar-refractivity contribution < 1.29 is 20.4 Å². The molecule has 1 aromatic heterocycles. The third kappa shape index (κ3) is 2.18. The summed E-state index contributed by atoms with van der Waals surface area (Å²) >= 11 is 0. The minimum absolute atomic E-state index is 0.139. The second-order valence-electron chi connectivity index (χ2n) is 2.46. The second-order valence-corrected chi connectivity index (χ2v) is 2.46. The van der Waals surface area contributed by atoms with Gasteiger partial charge in [0.2, 0.25) is 5.82 Å². The van der Waals surface area contributed by atoms with Crippen molar-refractivity contribution in [2.45, 2.75) is 18.3 Å². The Hall–Kier alpha value is -1.09. The van der Waals surface area contributed by atoms with Gasteiger partial charge in [-0.05, 0) is 0 Å². The molecule has 0 aliphatic carbocycles. The van der Waals surface area contributed by atoms with E-state index in [1.165, 1.54) is 0 Å². The molecular weight excluding hydrogens is 180 g/mol. The fourth-order valence-electron chi connectivity index (χ4n) is 0.766. The van der Waals surface area contributed by atoms with Crippen LogP contribution in [0.4, 0.5) is 0 Å². The highest BCUT2D eigenvalue weighted by molar-refractivity contribution is 4.90. The molecule has 0 aromatic carbocycles. The third-order valence-electron chi connectivity index (χ3n) is 1.53. The monoisotopic (exact) mass is 190 g/mol. The number of aliphatic hydroxyl groups excluding tert-OH is 4. The van der Waals surface area contributed by atoms with Gasteiger partial charge in [-0.1, -0.05) is 5.21 Å². The zero-order valence-corrected chi connectivity index (χ0v) is 6.57. The number of nitrogens with one attached hydrogen (secondary N) is 1. The number of aromatic amines is 1. The first-order valence-corrected chi connectivity index (χ1v) is 3.55. The number of H-pyrrole nitrogens is 1. The summed E-state index contributed by atoms with van der Waals surface area (Å²) < 4.78 is 0. The van der Waals surface area contributed by atoms with Gasteiger partial charge in [-0.2, -0.15) is 5.21 Å². The minimum atomic E-state index is -1.54. The maximum absolute atomic E-state index is 9.27. The Bertz CT molecular complexity index is 241. The van der Waals surface area contributed by atoms with E-state index >= 15 is 0 Å². The van der Waals surface area contributed by atoms with Crippen LogP contribution < -0.4 is 0 Å². The van der Waals surface area contributed by atoms with Crippen LogP contribution in [0.25, 0.3) is 0 Å². The first kappa shape index (κ1) is 9.99. The van der Waals surface area contributed by atoms with E-state index in [4.69, 9.17) is 10.2 Å². The van der Waals surface area contributed by atoms with Crippen LogP contribution in [0.2, 0.25) is 0 Å². The van der Waals surface area contributed by atoms with E-state index in [2.05, 4.69) is 20.6 Å². The number of aliphatic hydroxyl groups is 4. The lowest BCUT2D eigenvalue weighted by molar-refractivity contribution is -0.0803. The summed E-state index contributed by atoms with van der Waals surface area (Å²) in [6, 6.07) is 0. The summed E-state index contributed by atoms with van der Waals surface area (Å²) in [6.07, 6.45) is -4.45. The highest BCUT2D eigenvalue weighted by Gasteiger charge is 2.28. The summed E-state index contributed by atoms with van der Waals surface area (Å²) in [5, 5.41) is 47.9. The van der Waals surface area contributed by atoms with Gasteiger partial charge in [0.15, 0.2) is 0 Å². The molecule has 74 valence electrons. The van der Waals surface area contributed by atoms with Gasteiger partial charge in [-0.3, -0.25) is 0 Å². The third-order valence-corrected chi connectivity index (χ3v) is 1.53. The smallest absolute Gasteiger partial charge is 0.205 e. The van der Waals surface area contributed by atoms with Crippen molar-refractivity contribution in [3.8, 4) is 0 Å². The molecule has 0 bridgehead atoms. The quantitative estimate of drug-likeness (QED) is 0.340. The number of tetrazole rings is 1. The average molecular weight is 190 g/mol. The Morgan fingerprint density at radius 3 is 2.46 bits per heavy atom. The Labute approximate surface area is 72.8 Å². The molecule has 5 N–H and O–H groups in total. The molecule has 8 nitrogen and oxygen atoms in total. The number of hydrogen-bond donors (Lipinski definition) is 5. The summed E-state index contributed by atoms with van der Waals surface area (Å²) in [4.78, 5) is 0.